The predicted octanol–water partition coefficient (Wildman–Crippen LogP) is 2.87. The van der Waals surface area contributed by atoms with Crippen LogP contribution >= 0.6 is 0 Å². The zero-order chi connectivity index (χ0) is 19.4. The van der Waals surface area contributed by atoms with E-state index in [4.69, 9.17) is 4.74 Å². The molecule has 1 fully saturated rings. The number of esters is 1. The van der Waals surface area contributed by atoms with Crippen molar-refractivity contribution in [2.24, 2.45) is 5.92 Å². The van der Waals surface area contributed by atoms with Crippen molar-refractivity contribution in [3.05, 3.63) is 69.8 Å². The van der Waals surface area contributed by atoms with Crippen LogP contribution in [0.3, 0.4) is 0 Å². The van der Waals surface area contributed by atoms with E-state index in [1.165, 1.54) is 19.2 Å². The molecular weight excluding hydrogens is 348 g/mol. The fraction of sp³-hybridized carbons (Fsp3) is 0.350. The first-order valence-electron chi connectivity index (χ1n) is 8.79. The smallest absolute Gasteiger partial charge is 0.310 e. The molecule has 1 heterocycles. The van der Waals surface area contributed by atoms with Crippen LogP contribution in [0.15, 0.2) is 48.5 Å². The number of nitro benzene ring substituents is 1. The summed E-state index contributed by atoms with van der Waals surface area (Å²) in [5.41, 5.74) is 2.05. The van der Waals surface area contributed by atoms with Gasteiger partial charge in [-0.3, -0.25) is 14.9 Å². The molecule has 2 aromatic rings. The van der Waals surface area contributed by atoms with Gasteiger partial charge in [-0.05, 0) is 29.7 Å². The molecule has 1 aliphatic rings. The summed E-state index contributed by atoms with van der Waals surface area (Å²) >= 11 is 0. The molecule has 0 saturated carbocycles. The molecule has 0 aromatic heterocycles. The number of methoxy groups -OCH3 is 1. The second-order valence-electron chi connectivity index (χ2n) is 6.71. The van der Waals surface area contributed by atoms with Gasteiger partial charge in [-0.25, -0.2) is 0 Å². The number of rotatable bonds is 5. The van der Waals surface area contributed by atoms with Gasteiger partial charge in [-0.15, -0.1) is 0 Å². The van der Waals surface area contributed by atoms with Crippen molar-refractivity contribution in [2.75, 3.05) is 25.1 Å². The number of aliphatic hydroxyl groups is 1. The maximum Gasteiger partial charge on any atom is 0.310 e. The van der Waals surface area contributed by atoms with Gasteiger partial charge in [0.15, 0.2) is 0 Å². The quantitative estimate of drug-likeness (QED) is 0.494. The molecule has 2 unspecified atom stereocenters. The van der Waals surface area contributed by atoms with Crippen LogP contribution < -0.4 is 4.90 Å². The predicted molar refractivity (Wildman–Crippen MR) is 101 cm³/mol. The molecule has 0 spiro atoms. The number of hydrogen-bond donors (Lipinski definition) is 1. The highest BCUT2D eigenvalue weighted by atomic mass is 16.6. The average Bonchev–Trinajstić information content (AvgIpc) is 2.72. The minimum Gasteiger partial charge on any atom is -0.469 e. The normalized spacial score (nSPS) is 19.6. The van der Waals surface area contributed by atoms with Gasteiger partial charge in [0, 0.05) is 25.1 Å². The molecule has 27 heavy (non-hydrogen) atoms. The maximum absolute atomic E-state index is 12.2. The summed E-state index contributed by atoms with van der Waals surface area (Å²) in [6.45, 7) is 0.681. The number of benzene rings is 2. The van der Waals surface area contributed by atoms with E-state index >= 15 is 0 Å². The Morgan fingerprint density at radius 3 is 2.63 bits per heavy atom. The number of nitro groups is 1. The molecule has 2 atom stereocenters. The summed E-state index contributed by atoms with van der Waals surface area (Å²) in [7, 11) is 1.35. The van der Waals surface area contributed by atoms with Crippen LogP contribution in [-0.4, -0.2) is 36.2 Å². The first-order valence-corrected chi connectivity index (χ1v) is 8.79. The van der Waals surface area contributed by atoms with Crippen molar-refractivity contribution in [2.45, 2.75) is 18.9 Å². The number of ether oxygens (including phenoxy) is 1. The van der Waals surface area contributed by atoms with Crippen LogP contribution in [-0.2, 0) is 16.1 Å². The molecule has 1 N–H and O–H groups in total. The number of anilines is 1. The number of aliphatic hydroxyl groups excluding tert-OH is 1. The van der Waals surface area contributed by atoms with Gasteiger partial charge in [0.2, 0.25) is 0 Å². The highest BCUT2D eigenvalue weighted by molar-refractivity contribution is 5.75. The third kappa shape index (κ3) is 4.09. The molecule has 1 aliphatic heterocycles. The van der Waals surface area contributed by atoms with E-state index < -0.39 is 4.92 Å². The maximum atomic E-state index is 12.2. The van der Waals surface area contributed by atoms with Crippen LogP contribution in [0.2, 0.25) is 0 Å². The minimum atomic E-state index is -0.435. The molecule has 2 aromatic carbocycles. The lowest BCUT2D eigenvalue weighted by Crippen LogP contribution is -2.43. The lowest BCUT2D eigenvalue weighted by molar-refractivity contribution is -0.384. The van der Waals surface area contributed by atoms with Crippen molar-refractivity contribution in [1.29, 1.82) is 0 Å². The molecule has 1 saturated heterocycles. The van der Waals surface area contributed by atoms with Crippen molar-refractivity contribution in [1.82, 2.24) is 0 Å². The van der Waals surface area contributed by atoms with Crippen LogP contribution in [0.1, 0.15) is 23.5 Å². The van der Waals surface area contributed by atoms with E-state index in [0.29, 0.717) is 30.8 Å². The Labute approximate surface area is 157 Å². The van der Waals surface area contributed by atoms with Crippen LogP contribution in [0.5, 0.6) is 0 Å². The lowest BCUT2D eigenvalue weighted by Gasteiger charge is -2.38. The van der Waals surface area contributed by atoms with E-state index in [1.807, 2.05) is 35.2 Å². The Morgan fingerprint density at radius 1 is 1.26 bits per heavy atom. The summed E-state index contributed by atoms with van der Waals surface area (Å²) in [6, 6.07) is 14.4. The molecule has 0 bridgehead atoms. The minimum absolute atomic E-state index is 0.0375. The van der Waals surface area contributed by atoms with Gasteiger partial charge < -0.3 is 14.7 Å². The number of carbonyl (C=O) groups excluding carboxylic acids is 1. The monoisotopic (exact) mass is 370 g/mol. The highest BCUT2D eigenvalue weighted by Crippen LogP contribution is 2.37. The fourth-order valence-corrected chi connectivity index (χ4v) is 3.67. The summed E-state index contributed by atoms with van der Waals surface area (Å²) in [4.78, 5) is 25.2. The van der Waals surface area contributed by atoms with Crippen LogP contribution in [0, 0.1) is 16.0 Å². The first-order chi connectivity index (χ1) is 13.0. The topological polar surface area (TPSA) is 92.9 Å². The second-order valence-corrected chi connectivity index (χ2v) is 6.71. The molecular formula is C20H22N2O5. The Hall–Kier alpha value is -2.93. The highest BCUT2D eigenvalue weighted by Gasteiger charge is 2.35. The zero-order valence-electron chi connectivity index (χ0n) is 15.1. The van der Waals surface area contributed by atoms with E-state index in [2.05, 4.69) is 0 Å². The number of nitrogens with zero attached hydrogens (tertiary/aromatic N) is 2. The summed E-state index contributed by atoms with van der Waals surface area (Å²) in [5, 5.41) is 20.9. The second kappa shape index (κ2) is 8.18. The van der Waals surface area contributed by atoms with Gasteiger partial charge in [0.1, 0.15) is 5.69 Å². The molecule has 142 valence electrons. The Bertz CT molecular complexity index is 824. The van der Waals surface area contributed by atoms with Crippen molar-refractivity contribution < 1.29 is 19.6 Å². The van der Waals surface area contributed by atoms with Gasteiger partial charge >= 0.3 is 5.97 Å². The van der Waals surface area contributed by atoms with Gasteiger partial charge in [0.05, 0.1) is 24.6 Å². The molecule has 7 heteroatoms. The van der Waals surface area contributed by atoms with Crippen molar-refractivity contribution in [3.8, 4) is 0 Å². The van der Waals surface area contributed by atoms with E-state index in [0.717, 1.165) is 5.56 Å². The van der Waals surface area contributed by atoms with Gasteiger partial charge in [0.25, 0.3) is 5.69 Å². The summed E-state index contributed by atoms with van der Waals surface area (Å²) in [6.07, 6.45) is 0.626. The SMILES string of the molecule is COC(=O)C1CC(c2ccccc2)CN(c2cc(CO)ccc2[N+](=O)[O-])C1. The Morgan fingerprint density at radius 2 is 2.00 bits per heavy atom. The molecule has 7 nitrogen and oxygen atoms in total. The van der Waals surface area contributed by atoms with Gasteiger partial charge in [-0.1, -0.05) is 30.3 Å². The van der Waals surface area contributed by atoms with Crippen molar-refractivity contribution >= 4 is 17.3 Å². The van der Waals surface area contributed by atoms with Crippen molar-refractivity contribution in [3.63, 3.8) is 0 Å². The van der Waals surface area contributed by atoms with E-state index in [-0.39, 0.29) is 30.1 Å². The summed E-state index contributed by atoms with van der Waals surface area (Å²) < 4.78 is 4.94. The third-order valence-corrected chi connectivity index (χ3v) is 5.02. The standard InChI is InChI=1S/C20H22N2O5/c1-27-20(24)17-10-16(15-5-3-2-4-6-15)11-21(12-17)19-9-14(13-23)7-8-18(19)22(25)26/h2-9,16-17,23H,10-13H2,1H3. The van der Waals surface area contributed by atoms with E-state index in [9.17, 15) is 20.0 Å². The first kappa shape index (κ1) is 18.8. The number of hydrogen-bond acceptors (Lipinski definition) is 6. The Balaban J connectivity index is 2.00. The molecule has 0 amide bonds. The van der Waals surface area contributed by atoms with Gasteiger partial charge in [-0.2, -0.15) is 0 Å². The molecule has 0 aliphatic carbocycles. The van der Waals surface area contributed by atoms with Crippen LogP contribution in [0.4, 0.5) is 11.4 Å². The fourth-order valence-electron chi connectivity index (χ4n) is 3.67. The molecule has 0 radical (unpaired) electrons. The largest absolute Gasteiger partial charge is 0.469 e. The number of piperidine rings is 1. The Kier molecular flexibility index (Phi) is 5.71. The average molecular weight is 370 g/mol. The third-order valence-electron chi connectivity index (χ3n) is 5.02. The van der Waals surface area contributed by atoms with E-state index in [1.54, 1.807) is 6.07 Å². The summed E-state index contributed by atoms with van der Waals surface area (Å²) in [5.74, 6) is -0.658. The lowest BCUT2D eigenvalue weighted by atomic mass is 9.84. The van der Waals surface area contributed by atoms with Crippen LogP contribution in [0.25, 0.3) is 0 Å². The zero-order valence-corrected chi connectivity index (χ0v) is 15.1. The molecule has 3 rings (SSSR count). The number of carbonyl (C=O) groups is 1.